The second-order valence-electron chi connectivity index (χ2n) is 5.50. The van der Waals surface area contributed by atoms with E-state index in [2.05, 4.69) is 10.0 Å². The van der Waals surface area contributed by atoms with Gasteiger partial charge in [-0.3, -0.25) is 9.52 Å². The highest BCUT2D eigenvalue weighted by atomic mass is 35.5. The first-order chi connectivity index (χ1) is 11.9. The Bertz CT molecular complexity index is 1160. The Morgan fingerprint density at radius 1 is 0.960 bits per heavy atom. The molecule has 25 heavy (non-hydrogen) atoms. The van der Waals surface area contributed by atoms with E-state index in [1.165, 1.54) is 12.1 Å². The minimum atomic E-state index is -3.93. The molecule has 5 nitrogen and oxygen atoms in total. The molecule has 0 spiro atoms. The topological polar surface area (TPSA) is 75.3 Å². The van der Waals surface area contributed by atoms with E-state index in [1.807, 2.05) is 0 Å². The lowest BCUT2D eigenvalue weighted by Crippen LogP contribution is -2.13. The standard InChI is InChI=1S/C17H10Cl2N2O3S/c18-11-5-2-6-13(16(11)19)21-25(23,24)14-8-7-12-15-9(14)3-1-4-10(15)17(22)20-12/h1-8,21H,(H,20,22). The van der Waals surface area contributed by atoms with Gasteiger partial charge in [0.1, 0.15) is 0 Å². The number of nitrogens with one attached hydrogen (secondary N) is 2. The van der Waals surface area contributed by atoms with Crippen molar-refractivity contribution < 1.29 is 13.2 Å². The van der Waals surface area contributed by atoms with E-state index in [9.17, 15) is 13.2 Å². The van der Waals surface area contributed by atoms with E-state index in [1.54, 1.807) is 36.4 Å². The van der Waals surface area contributed by atoms with Gasteiger partial charge in [-0.1, -0.05) is 41.4 Å². The summed E-state index contributed by atoms with van der Waals surface area (Å²) in [6.07, 6.45) is 0. The minimum Gasteiger partial charge on any atom is -0.321 e. The van der Waals surface area contributed by atoms with Crippen LogP contribution in [0.15, 0.2) is 53.4 Å². The summed E-state index contributed by atoms with van der Waals surface area (Å²) in [4.78, 5) is 12.0. The predicted molar refractivity (Wildman–Crippen MR) is 99.2 cm³/mol. The lowest BCUT2D eigenvalue weighted by atomic mass is 10.1. The average molecular weight is 393 g/mol. The Kier molecular flexibility index (Phi) is 3.64. The fourth-order valence-corrected chi connectivity index (χ4v) is 4.56. The lowest BCUT2D eigenvalue weighted by molar-refractivity contribution is 0.103. The maximum atomic E-state index is 12.9. The van der Waals surface area contributed by atoms with E-state index >= 15 is 0 Å². The van der Waals surface area contributed by atoms with Gasteiger partial charge in [0.05, 0.1) is 20.6 Å². The summed E-state index contributed by atoms with van der Waals surface area (Å²) in [5.74, 6) is -0.249. The lowest BCUT2D eigenvalue weighted by Gasteiger charge is -2.12. The molecule has 0 saturated heterocycles. The number of hydrogen-bond donors (Lipinski definition) is 2. The molecule has 4 rings (SSSR count). The van der Waals surface area contributed by atoms with Crippen LogP contribution in [0.4, 0.5) is 11.4 Å². The molecule has 0 radical (unpaired) electrons. The van der Waals surface area contributed by atoms with Crippen LogP contribution in [0.25, 0.3) is 10.8 Å². The zero-order chi connectivity index (χ0) is 17.8. The third-order valence-corrected chi connectivity index (χ3v) is 6.22. The summed E-state index contributed by atoms with van der Waals surface area (Å²) >= 11 is 12.0. The van der Waals surface area contributed by atoms with Gasteiger partial charge in [-0.2, -0.15) is 0 Å². The van der Waals surface area contributed by atoms with E-state index < -0.39 is 10.0 Å². The first-order valence-corrected chi connectivity index (χ1v) is 9.46. The van der Waals surface area contributed by atoms with Crippen molar-refractivity contribution in [2.45, 2.75) is 4.90 Å². The van der Waals surface area contributed by atoms with Crippen LogP contribution >= 0.6 is 23.2 Å². The van der Waals surface area contributed by atoms with E-state index in [-0.39, 0.29) is 26.5 Å². The normalized spacial score (nSPS) is 13.1. The molecule has 126 valence electrons. The van der Waals surface area contributed by atoms with Crippen molar-refractivity contribution in [3.63, 3.8) is 0 Å². The van der Waals surface area contributed by atoms with Crippen LogP contribution < -0.4 is 10.0 Å². The molecule has 0 fully saturated rings. The van der Waals surface area contributed by atoms with Crippen LogP contribution in [0.2, 0.25) is 10.0 Å². The van der Waals surface area contributed by atoms with Gasteiger partial charge in [0, 0.05) is 22.0 Å². The quantitative estimate of drug-likeness (QED) is 0.688. The van der Waals surface area contributed by atoms with Gasteiger partial charge in [-0.25, -0.2) is 8.42 Å². The molecule has 0 bridgehead atoms. The van der Waals surface area contributed by atoms with Crippen LogP contribution in [0.5, 0.6) is 0 Å². The SMILES string of the molecule is O=C1Nc2ccc(S(=O)(=O)Nc3cccc(Cl)c3Cl)c3cccc1c23. The Morgan fingerprint density at radius 3 is 2.52 bits per heavy atom. The summed E-state index contributed by atoms with van der Waals surface area (Å²) in [6.45, 7) is 0. The molecule has 3 aromatic carbocycles. The number of carbonyl (C=O) groups excluding carboxylic acids is 1. The van der Waals surface area contributed by atoms with Crippen molar-refractivity contribution in [3.8, 4) is 0 Å². The summed E-state index contributed by atoms with van der Waals surface area (Å²) in [7, 11) is -3.93. The molecule has 1 heterocycles. The van der Waals surface area contributed by atoms with Crippen molar-refractivity contribution in [1.82, 2.24) is 0 Å². The Balaban J connectivity index is 1.89. The molecule has 1 aliphatic rings. The number of hydrogen-bond acceptors (Lipinski definition) is 3. The van der Waals surface area contributed by atoms with Gasteiger partial charge in [0.15, 0.2) is 0 Å². The zero-order valence-corrected chi connectivity index (χ0v) is 14.8. The maximum absolute atomic E-state index is 12.9. The van der Waals surface area contributed by atoms with Crippen molar-refractivity contribution >= 4 is 61.3 Å². The number of benzene rings is 3. The molecule has 1 amide bonds. The van der Waals surface area contributed by atoms with Gasteiger partial charge in [-0.15, -0.1) is 0 Å². The summed E-state index contributed by atoms with van der Waals surface area (Å²) < 4.78 is 28.2. The van der Waals surface area contributed by atoms with Gasteiger partial charge >= 0.3 is 0 Å². The molecular formula is C17H10Cl2N2O3S. The van der Waals surface area contributed by atoms with Crippen molar-refractivity contribution in [3.05, 3.63) is 64.1 Å². The van der Waals surface area contributed by atoms with Crippen LogP contribution in [0.3, 0.4) is 0 Å². The highest BCUT2D eigenvalue weighted by Crippen LogP contribution is 2.38. The van der Waals surface area contributed by atoms with Gasteiger partial charge in [0.25, 0.3) is 15.9 Å². The number of sulfonamides is 1. The highest BCUT2D eigenvalue weighted by molar-refractivity contribution is 7.93. The average Bonchev–Trinajstić information content (AvgIpc) is 2.90. The Morgan fingerprint density at radius 2 is 1.72 bits per heavy atom. The second kappa shape index (κ2) is 5.62. The number of halogens is 2. The molecule has 2 N–H and O–H groups in total. The molecule has 0 unspecified atom stereocenters. The first kappa shape index (κ1) is 16.2. The fourth-order valence-electron chi connectivity index (χ4n) is 2.88. The largest absolute Gasteiger partial charge is 0.321 e. The van der Waals surface area contributed by atoms with E-state index in [0.717, 1.165) is 0 Å². The van der Waals surface area contributed by atoms with Crippen molar-refractivity contribution in [2.24, 2.45) is 0 Å². The molecule has 3 aromatic rings. The molecule has 0 aliphatic carbocycles. The number of anilines is 2. The Labute approximate surface area is 153 Å². The summed E-state index contributed by atoms with van der Waals surface area (Å²) in [6, 6.07) is 12.7. The van der Waals surface area contributed by atoms with Crippen LogP contribution in [0.1, 0.15) is 10.4 Å². The second-order valence-corrected chi connectivity index (χ2v) is 7.94. The van der Waals surface area contributed by atoms with Crippen LogP contribution in [-0.2, 0) is 10.0 Å². The molecule has 1 aliphatic heterocycles. The third-order valence-electron chi connectivity index (χ3n) is 3.98. The summed E-state index contributed by atoms with van der Waals surface area (Å²) in [5, 5.41) is 4.14. The Hall–Kier alpha value is -2.28. The predicted octanol–water partition coefficient (Wildman–Crippen LogP) is 4.51. The van der Waals surface area contributed by atoms with Crippen LogP contribution in [0, 0.1) is 0 Å². The van der Waals surface area contributed by atoms with Gasteiger partial charge in [-0.05, 0) is 30.3 Å². The first-order valence-electron chi connectivity index (χ1n) is 7.22. The molecule has 0 saturated carbocycles. The smallest absolute Gasteiger partial charge is 0.262 e. The zero-order valence-electron chi connectivity index (χ0n) is 12.5. The summed E-state index contributed by atoms with van der Waals surface area (Å²) in [5.41, 5.74) is 1.23. The van der Waals surface area contributed by atoms with Gasteiger partial charge < -0.3 is 5.32 Å². The fraction of sp³-hybridized carbons (Fsp3) is 0. The van der Waals surface area contributed by atoms with Crippen molar-refractivity contribution in [2.75, 3.05) is 10.0 Å². The maximum Gasteiger partial charge on any atom is 0.262 e. The molecular weight excluding hydrogens is 383 g/mol. The molecule has 0 aromatic heterocycles. The number of amides is 1. The molecule has 0 atom stereocenters. The molecule has 8 heteroatoms. The van der Waals surface area contributed by atoms with Gasteiger partial charge in [0.2, 0.25) is 0 Å². The minimum absolute atomic E-state index is 0.0562. The third kappa shape index (κ3) is 2.54. The number of rotatable bonds is 3. The monoisotopic (exact) mass is 392 g/mol. The van der Waals surface area contributed by atoms with E-state index in [4.69, 9.17) is 23.2 Å². The van der Waals surface area contributed by atoms with Crippen LogP contribution in [-0.4, -0.2) is 14.3 Å². The van der Waals surface area contributed by atoms with E-state index in [0.29, 0.717) is 22.0 Å². The van der Waals surface area contributed by atoms with Crippen molar-refractivity contribution in [1.29, 1.82) is 0 Å². The highest BCUT2D eigenvalue weighted by Gasteiger charge is 2.26. The number of carbonyl (C=O) groups is 1.